The summed E-state index contributed by atoms with van der Waals surface area (Å²) in [4.78, 5) is 26.4. The number of morpholine rings is 1. The molecule has 3 atom stereocenters. The van der Waals surface area contributed by atoms with Gasteiger partial charge in [-0.2, -0.15) is 0 Å². The highest BCUT2D eigenvalue weighted by Gasteiger charge is 2.44. The lowest BCUT2D eigenvalue weighted by Gasteiger charge is -2.31. The Kier molecular flexibility index (Phi) is 9.76. The molecule has 0 saturated carbocycles. The molecule has 8 nitrogen and oxygen atoms in total. The van der Waals surface area contributed by atoms with Crippen LogP contribution in [0.1, 0.15) is 40.0 Å². The van der Waals surface area contributed by atoms with Crippen LogP contribution in [0.2, 0.25) is 0 Å². The van der Waals surface area contributed by atoms with E-state index < -0.39 is 18.0 Å². The van der Waals surface area contributed by atoms with Crippen molar-refractivity contribution in [2.75, 3.05) is 40.0 Å². The summed E-state index contributed by atoms with van der Waals surface area (Å²) < 4.78 is 21.5. The topological polar surface area (TPSA) is 94.5 Å². The molecule has 180 valence electrons. The molecule has 2 fully saturated rings. The third-order valence-corrected chi connectivity index (χ3v) is 6.25. The van der Waals surface area contributed by atoms with Crippen LogP contribution >= 0.6 is 12.4 Å². The van der Waals surface area contributed by atoms with E-state index in [-0.39, 0.29) is 37.6 Å². The summed E-state index contributed by atoms with van der Waals surface area (Å²) in [5, 5.41) is 10.8. The Morgan fingerprint density at radius 2 is 2.00 bits per heavy atom. The van der Waals surface area contributed by atoms with E-state index in [0.29, 0.717) is 37.4 Å². The Labute approximate surface area is 195 Å². The number of hydrogen-bond acceptors (Lipinski definition) is 8. The van der Waals surface area contributed by atoms with Crippen LogP contribution in [0.15, 0.2) is 34.1 Å². The average Bonchev–Trinajstić information content (AvgIpc) is 3.16. The maximum Gasteiger partial charge on any atom is 0.316 e. The summed E-state index contributed by atoms with van der Waals surface area (Å²) >= 11 is 0. The molecule has 32 heavy (non-hydrogen) atoms. The van der Waals surface area contributed by atoms with Crippen molar-refractivity contribution in [3.63, 3.8) is 0 Å². The fraction of sp³-hybridized carbons (Fsp3) is 0.652. The van der Waals surface area contributed by atoms with Crippen LogP contribution in [-0.2, 0) is 28.5 Å². The predicted molar refractivity (Wildman–Crippen MR) is 120 cm³/mol. The molecule has 0 aromatic carbocycles. The van der Waals surface area contributed by atoms with Crippen molar-refractivity contribution >= 4 is 24.3 Å². The van der Waals surface area contributed by atoms with Gasteiger partial charge in [-0.25, -0.2) is 0 Å². The number of esters is 2. The minimum absolute atomic E-state index is 0. The van der Waals surface area contributed by atoms with E-state index in [2.05, 4.69) is 4.90 Å². The highest BCUT2D eigenvalue weighted by Crippen LogP contribution is 2.40. The summed E-state index contributed by atoms with van der Waals surface area (Å²) in [6.07, 6.45) is 2.02. The average molecular weight is 472 g/mol. The maximum absolute atomic E-state index is 12.2. The van der Waals surface area contributed by atoms with Gasteiger partial charge in [0.25, 0.3) is 0 Å². The molecular weight excluding hydrogens is 438 g/mol. The van der Waals surface area contributed by atoms with Gasteiger partial charge in [0.15, 0.2) is 6.23 Å². The number of aliphatic hydroxyl groups excluding tert-OH is 1. The summed E-state index contributed by atoms with van der Waals surface area (Å²) in [7, 11) is 1.56. The zero-order chi connectivity index (χ0) is 22.5. The van der Waals surface area contributed by atoms with Gasteiger partial charge < -0.3 is 24.1 Å². The van der Waals surface area contributed by atoms with Crippen LogP contribution in [0.4, 0.5) is 0 Å². The number of fused-ring (bicyclic) bond motifs is 1. The molecule has 2 aliphatic heterocycles. The van der Waals surface area contributed by atoms with Crippen molar-refractivity contribution in [1.29, 1.82) is 0 Å². The Balaban J connectivity index is 0.00000363. The number of carbonyl (C=O) groups excluding carboxylic acids is 2. The molecule has 0 aromatic rings. The first-order valence-corrected chi connectivity index (χ1v) is 10.8. The van der Waals surface area contributed by atoms with Crippen molar-refractivity contribution in [3.8, 4) is 0 Å². The predicted octanol–water partition coefficient (Wildman–Crippen LogP) is 2.51. The lowest BCUT2D eigenvalue weighted by molar-refractivity contribution is -0.161. The third-order valence-electron chi connectivity index (χ3n) is 6.25. The molecule has 2 heterocycles. The van der Waals surface area contributed by atoms with Gasteiger partial charge in [0, 0.05) is 25.1 Å². The Hall–Kier alpha value is -1.87. The normalized spacial score (nSPS) is 25.2. The highest BCUT2D eigenvalue weighted by atomic mass is 35.5. The molecule has 0 aromatic heterocycles. The number of hydrogen-bond donors (Lipinski definition) is 1. The molecule has 0 spiro atoms. The van der Waals surface area contributed by atoms with E-state index in [1.54, 1.807) is 7.11 Å². The van der Waals surface area contributed by atoms with E-state index in [1.165, 1.54) is 0 Å². The molecule has 1 aliphatic carbocycles. The van der Waals surface area contributed by atoms with Crippen LogP contribution < -0.4 is 0 Å². The van der Waals surface area contributed by atoms with Crippen molar-refractivity contribution in [2.24, 2.45) is 5.92 Å². The monoisotopic (exact) mass is 471 g/mol. The quantitative estimate of drug-likeness (QED) is 0.426. The van der Waals surface area contributed by atoms with Crippen molar-refractivity contribution < 1.29 is 33.6 Å². The third kappa shape index (κ3) is 5.92. The number of methoxy groups -OCH3 is 1. The van der Waals surface area contributed by atoms with E-state index >= 15 is 0 Å². The summed E-state index contributed by atoms with van der Waals surface area (Å²) in [5.74, 6) is -0.676. The van der Waals surface area contributed by atoms with E-state index in [1.807, 2.05) is 26.8 Å². The number of halogens is 1. The second kappa shape index (κ2) is 11.8. The van der Waals surface area contributed by atoms with Gasteiger partial charge >= 0.3 is 11.9 Å². The zero-order valence-electron chi connectivity index (χ0n) is 19.2. The number of rotatable bonds is 8. The number of carbonyl (C=O) groups is 2. The van der Waals surface area contributed by atoms with Gasteiger partial charge in [0.1, 0.15) is 18.3 Å². The molecule has 3 unspecified atom stereocenters. The minimum atomic E-state index is -0.966. The van der Waals surface area contributed by atoms with E-state index in [9.17, 15) is 14.7 Å². The highest BCUT2D eigenvalue weighted by molar-refractivity contribution is 5.85. The Morgan fingerprint density at radius 3 is 2.66 bits per heavy atom. The lowest BCUT2D eigenvalue weighted by atomic mass is 9.80. The van der Waals surface area contributed by atoms with E-state index in [0.717, 1.165) is 29.8 Å². The molecule has 1 N–H and O–H groups in total. The largest absolute Gasteiger partial charge is 0.496 e. The number of ether oxygens (including phenoxy) is 4. The van der Waals surface area contributed by atoms with Gasteiger partial charge in [0.2, 0.25) is 0 Å². The molecule has 2 saturated heterocycles. The number of cyclic esters (lactones) is 1. The summed E-state index contributed by atoms with van der Waals surface area (Å²) in [5.41, 5.74) is 3.31. The van der Waals surface area contributed by atoms with Gasteiger partial charge in [-0.1, -0.05) is 11.6 Å². The van der Waals surface area contributed by atoms with Crippen LogP contribution in [0, 0.1) is 5.92 Å². The summed E-state index contributed by atoms with van der Waals surface area (Å²) in [6.45, 7) is 8.75. The molecule has 0 bridgehead atoms. The molecule has 3 rings (SSSR count). The molecule has 3 aliphatic rings. The Bertz CT molecular complexity index is 798. The van der Waals surface area contributed by atoms with Gasteiger partial charge in [-0.3, -0.25) is 14.5 Å². The lowest BCUT2D eigenvalue weighted by Crippen LogP contribution is -2.44. The fourth-order valence-corrected chi connectivity index (χ4v) is 4.30. The van der Waals surface area contributed by atoms with Crippen LogP contribution in [-0.4, -0.2) is 74.3 Å². The van der Waals surface area contributed by atoms with Gasteiger partial charge in [-0.05, 0) is 44.8 Å². The SMILES string of the molecule is COC1=C(C/C=C(\C)CCC(=O)OC(C)N2CCOCC2)C(O)C2C(=O)OCC2=C1C.Cl. The van der Waals surface area contributed by atoms with Crippen molar-refractivity contribution in [1.82, 2.24) is 4.90 Å². The molecule has 9 heteroatoms. The molecule has 0 radical (unpaired) electrons. The first-order valence-electron chi connectivity index (χ1n) is 10.8. The van der Waals surface area contributed by atoms with Crippen LogP contribution in [0.3, 0.4) is 0 Å². The van der Waals surface area contributed by atoms with E-state index in [4.69, 9.17) is 18.9 Å². The molecule has 0 amide bonds. The van der Waals surface area contributed by atoms with Crippen LogP contribution in [0.25, 0.3) is 0 Å². The first-order chi connectivity index (χ1) is 14.8. The standard InChI is InChI=1S/C23H33NO7.ClH/c1-14(6-8-19(25)31-16(3)24-9-11-29-12-10-24)5-7-17-21(26)20-18(13-30-23(20)27)15(2)22(17)28-4;/h5,16,20-21,26H,6-13H2,1-4H3;1H/b14-5+;. The second-order valence-corrected chi connectivity index (χ2v) is 8.23. The smallest absolute Gasteiger partial charge is 0.316 e. The van der Waals surface area contributed by atoms with Crippen LogP contribution in [0.5, 0.6) is 0 Å². The van der Waals surface area contributed by atoms with Gasteiger partial charge in [-0.15, -0.1) is 12.4 Å². The molecular formula is C23H34ClNO7. The van der Waals surface area contributed by atoms with Crippen molar-refractivity contribution in [3.05, 3.63) is 34.1 Å². The zero-order valence-corrected chi connectivity index (χ0v) is 20.0. The Morgan fingerprint density at radius 1 is 1.31 bits per heavy atom. The number of nitrogens with zero attached hydrogens (tertiary/aromatic N) is 1. The summed E-state index contributed by atoms with van der Waals surface area (Å²) in [6, 6.07) is 0. The number of allylic oxidation sites excluding steroid dienone is 3. The minimum Gasteiger partial charge on any atom is -0.496 e. The maximum atomic E-state index is 12.2. The first kappa shape index (κ1) is 26.4. The fourth-order valence-electron chi connectivity index (χ4n) is 4.30. The number of aliphatic hydroxyl groups is 1. The second-order valence-electron chi connectivity index (χ2n) is 8.23. The van der Waals surface area contributed by atoms with Gasteiger partial charge in [0.05, 0.1) is 26.4 Å². The van der Waals surface area contributed by atoms with Crippen molar-refractivity contribution in [2.45, 2.75) is 52.4 Å².